The number of fused-ring (bicyclic) bond motifs is 1. The van der Waals surface area contributed by atoms with Crippen molar-refractivity contribution < 1.29 is 4.74 Å². The first kappa shape index (κ1) is 14.3. The molecule has 2 heteroatoms. The van der Waals surface area contributed by atoms with Gasteiger partial charge in [0, 0.05) is 4.83 Å². The zero-order valence-electron chi connectivity index (χ0n) is 12.7. The molecule has 1 heterocycles. The molecule has 1 aromatic rings. The number of benzene rings is 1. The lowest BCUT2D eigenvalue weighted by atomic mass is 9.83. The maximum absolute atomic E-state index is 6.58. The zero-order chi connectivity index (χ0) is 14.3. The van der Waals surface area contributed by atoms with Gasteiger partial charge in [-0.25, -0.2) is 0 Å². The fraction of sp³-hybridized carbons (Fsp3) is 0.684. The monoisotopic (exact) mass is 348 g/mol. The van der Waals surface area contributed by atoms with Gasteiger partial charge in [0.15, 0.2) is 0 Å². The summed E-state index contributed by atoms with van der Waals surface area (Å²) < 4.78 is 6.58. The van der Waals surface area contributed by atoms with E-state index in [-0.39, 0.29) is 5.60 Å². The molecule has 1 nitrogen and oxygen atoms in total. The highest BCUT2D eigenvalue weighted by Crippen LogP contribution is 2.48. The molecule has 2 aliphatic carbocycles. The molecule has 1 saturated carbocycles. The van der Waals surface area contributed by atoms with Crippen molar-refractivity contribution in [3.8, 4) is 0 Å². The summed E-state index contributed by atoms with van der Waals surface area (Å²) in [5, 5.41) is 0. The van der Waals surface area contributed by atoms with Gasteiger partial charge < -0.3 is 4.74 Å². The molecular weight excluding hydrogens is 324 g/mol. The first-order valence-corrected chi connectivity index (χ1v) is 9.57. The van der Waals surface area contributed by atoms with Crippen molar-refractivity contribution in [1.82, 2.24) is 0 Å². The average molecular weight is 349 g/mol. The highest BCUT2D eigenvalue weighted by Gasteiger charge is 2.42. The summed E-state index contributed by atoms with van der Waals surface area (Å²) in [5.41, 5.74) is 3.32. The topological polar surface area (TPSA) is 9.23 Å². The van der Waals surface area contributed by atoms with Crippen LogP contribution in [0.25, 0.3) is 0 Å². The minimum absolute atomic E-state index is 0.274. The molecule has 114 valence electrons. The van der Waals surface area contributed by atoms with E-state index in [1.165, 1.54) is 68.9 Å². The molecule has 21 heavy (non-hydrogen) atoms. The molecule has 0 bridgehead atoms. The molecule has 0 amide bonds. The van der Waals surface area contributed by atoms with Gasteiger partial charge in [-0.3, -0.25) is 0 Å². The van der Waals surface area contributed by atoms with E-state index in [0.29, 0.717) is 16.8 Å². The lowest BCUT2D eigenvalue weighted by Crippen LogP contribution is -2.32. The Hall–Kier alpha value is -0.340. The molecule has 1 aromatic carbocycles. The average Bonchev–Trinajstić information content (AvgIpc) is 3.03. The van der Waals surface area contributed by atoms with Gasteiger partial charge in [-0.15, -0.1) is 0 Å². The van der Waals surface area contributed by atoms with E-state index in [2.05, 4.69) is 40.2 Å². The van der Waals surface area contributed by atoms with Gasteiger partial charge >= 0.3 is 0 Å². The Morgan fingerprint density at radius 2 is 1.90 bits per heavy atom. The molecule has 3 aliphatic rings. The van der Waals surface area contributed by atoms with Crippen LogP contribution in [0.1, 0.15) is 67.3 Å². The van der Waals surface area contributed by atoms with Crippen molar-refractivity contribution in [3.05, 3.63) is 35.4 Å². The van der Waals surface area contributed by atoms with Crippen LogP contribution in [-0.2, 0) is 11.2 Å². The van der Waals surface area contributed by atoms with E-state index in [1.54, 1.807) is 0 Å². The maximum Gasteiger partial charge on any atom is 0.0687 e. The van der Waals surface area contributed by atoms with E-state index < -0.39 is 0 Å². The Bertz CT molecular complexity index is 506. The van der Waals surface area contributed by atoms with Crippen LogP contribution < -0.4 is 0 Å². The second kappa shape index (κ2) is 5.70. The Morgan fingerprint density at radius 1 is 1.10 bits per heavy atom. The predicted octanol–water partition coefficient (Wildman–Crippen LogP) is 5.57. The SMILES string of the molecule is BrC1c2ccccc2CC1CC1CCC2(CCCCC2)O1. The molecule has 4 rings (SSSR count). The molecule has 1 spiro atoms. The van der Waals surface area contributed by atoms with E-state index in [1.807, 2.05) is 0 Å². The summed E-state index contributed by atoms with van der Waals surface area (Å²) in [4.78, 5) is 0.528. The molecule has 1 saturated heterocycles. The summed E-state index contributed by atoms with van der Waals surface area (Å²) in [5.74, 6) is 0.714. The highest BCUT2D eigenvalue weighted by molar-refractivity contribution is 9.09. The normalized spacial score (nSPS) is 34.2. The number of hydrogen-bond donors (Lipinski definition) is 0. The van der Waals surface area contributed by atoms with Crippen LogP contribution in [0.2, 0.25) is 0 Å². The molecule has 0 radical (unpaired) electrons. The molecular formula is C19H25BrO. The third-order valence-corrected chi connectivity index (χ3v) is 7.16. The summed E-state index contributed by atoms with van der Waals surface area (Å²) >= 11 is 3.94. The largest absolute Gasteiger partial charge is 0.372 e. The van der Waals surface area contributed by atoms with Crippen LogP contribution in [0.4, 0.5) is 0 Å². The van der Waals surface area contributed by atoms with Crippen molar-refractivity contribution in [2.45, 2.75) is 74.3 Å². The summed E-state index contributed by atoms with van der Waals surface area (Å²) in [6.07, 6.45) is 12.3. The van der Waals surface area contributed by atoms with Crippen LogP contribution in [0.5, 0.6) is 0 Å². The van der Waals surface area contributed by atoms with Crippen molar-refractivity contribution in [2.75, 3.05) is 0 Å². The summed E-state index contributed by atoms with van der Waals surface area (Å²) in [7, 11) is 0. The van der Waals surface area contributed by atoms with Gasteiger partial charge in [0.05, 0.1) is 11.7 Å². The number of alkyl halides is 1. The van der Waals surface area contributed by atoms with Crippen molar-refractivity contribution >= 4 is 15.9 Å². The minimum atomic E-state index is 0.274. The zero-order valence-corrected chi connectivity index (χ0v) is 14.3. The van der Waals surface area contributed by atoms with E-state index in [9.17, 15) is 0 Å². The first-order valence-electron chi connectivity index (χ1n) is 8.65. The van der Waals surface area contributed by atoms with E-state index in [4.69, 9.17) is 4.74 Å². The predicted molar refractivity (Wildman–Crippen MR) is 89.8 cm³/mol. The fourth-order valence-corrected chi connectivity index (χ4v) is 5.64. The lowest BCUT2D eigenvalue weighted by molar-refractivity contribution is -0.0695. The quantitative estimate of drug-likeness (QED) is 0.635. The minimum Gasteiger partial charge on any atom is -0.372 e. The van der Waals surface area contributed by atoms with Crippen molar-refractivity contribution in [1.29, 1.82) is 0 Å². The standard InChI is InChI=1S/C19H25BrO/c20-18-15(12-14-6-2-3-7-17(14)18)13-16-8-11-19(21-16)9-4-1-5-10-19/h2-3,6-7,15-16,18H,1,4-5,8-13H2. The van der Waals surface area contributed by atoms with Crippen LogP contribution in [0.15, 0.2) is 24.3 Å². The third kappa shape index (κ3) is 2.70. The van der Waals surface area contributed by atoms with Crippen molar-refractivity contribution in [3.63, 3.8) is 0 Å². The van der Waals surface area contributed by atoms with Crippen LogP contribution in [0, 0.1) is 5.92 Å². The number of hydrogen-bond acceptors (Lipinski definition) is 1. The Balaban J connectivity index is 1.40. The fourth-order valence-electron chi connectivity index (χ4n) is 4.79. The maximum atomic E-state index is 6.58. The second-order valence-electron chi connectivity index (χ2n) is 7.32. The highest BCUT2D eigenvalue weighted by atomic mass is 79.9. The van der Waals surface area contributed by atoms with Gasteiger partial charge in [-0.2, -0.15) is 0 Å². The van der Waals surface area contributed by atoms with Crippen LogP contribution in [-0.4, -0.2) is 11.7 Å². The van der Waals surface area contributed by atoms with Gasteiger partial charge in [-0.1, -0.05) is 59.5 Å². The molecule has 3 unspecified atom stereocenters. The Labute approximate surface area is 136 Å². The third-order valence-electron chi connectivity index (χ3n) is 5.92. The first-order chi connectivity index (χ1) is 10.3. The van der Waals surface area contributed by atoms with Crippen LogP contribution >= 0.6 is 15.9 Å². The molecule has 1 aliphatic heterocycles. The number of ether oxygens (including phenoxy) is 1. The van der Waals surface area contributed by atoms with E-state index in [0.717, 1.165) is 0 Å². The molecule has 2 fully saturated rings. The smallest absolute Gasteiger partial charge is 0.0687 e. The van der Waals surface area contributed by atoms with Gasteiger partial charge in [0.2, 0.25) is 0 Å². The summed E-state index contributed by atoms with van der Waals surface area (Å²) in [6, 6.07) is 8.91. The lowest BCUT2D eigenvalue weighted by Gasteiger charge is -2.33. The van der Waals surface area contributed by atoms with Gasteiger partial charge in [0.1, 0.15) is 0 Å². The van der Waals surface area contributed by atoms with Crippen molar-refractivity contribution in [2.24, 2.45) is 5.92 Å². The van der Waals surface area contributed by atoms with E-state index >= 15 is 0 Å². The van der Waals surface area contributed by atoms with Gasteiger partial charge in [-0.05, 0) is 55.6 Å². The molecule has 3 atom stereocenters. The Kier molecular flexibility index (Phi) is 3.87. The Morgan fingerprint density at radius 3 is 2.71 bits per heavy atom. The molecule has 0 N–H and O–H groups in total. The van der Waals surface area contributed by atoms with Gasteiger partial charge in [0.25, 0.3) is 0 Å². The molecule has 0 aromatic heterocycles. The second-order valence-corrected chi connectivity index (χ2v) is 8.31. The van der Waals surface area contributed by atoms with Crippen LogP contribution in [0.3, 0.4) is 0 Å². The number of halogens is 1. The number of rotatable bonds is 2. The summed E-state index contributed by atoms with van der Waals surface area (Å²) in [6.45, 7) is 0.